The number of carboxylic acids is 8. The van der Waals surface area contributed by atoms with E-state index in [-0.39, 0.29) is 43.4 Å². The van der Waals surface area contributed by atoms with Gasteiger partial charge < -0.3 is 62.1 Å². The molecule has 0 radical (unpaired) electrons. The summed E-state index contributed by atoms with van der Waals surface area (Å²) in [6.07, 6.45) is -2.94. The number of nitrogens with one attached hydrogen (secondary N) is 4. The van der Waals surface area contributed by atoms with Crippen LogP contribution in [0, 0.1) is 34.0 Å². The molecule has 11 atom stereocenters. The smallest absolute Gasteiger partial charge is 0.304 e. The number of carboxylic acid groups (broad SMARTS) is 8. The second-order valence-electron chi connectivity index (χ2n) is 19.7. The lowest BCUT2D eigenvalue weighted by atomic mass is 9.56. The molecule has 3 unspecified atom stereocenters. The fourth-order valence-electron chi connectivity index (χ4n) is 12.4. The zero-order valence-corrected chi connectivity index (χ0v) is 37.3. The van der Waals surface area contributed by atoms with Crippen LogP contribution in [-0.4, -0.2) is 118 Å². The molecule has 0 aromatic rings. The van der Waals surface area contributed by atoms with Crippen molar-refractivity contribution in [3.05, 3.63) is 46.5 Å². The minimum atomic E-state index is -1.50. The quantitative estimate of drug-likeness (QED) is 0.0776. The first-order valence-corrected chi connectivity index (χ1v) is 21.7. The van der Waals surface area contributed by atoms with Crippen molar-refractivity contribution in [2.75, 3.05) is 0 Å². The molecule has 5 rings (SSSR count). The summed E-state index contributed by atoms with van der Waals surface area (Å²) in [7, 11) is 0. The molecule has 358 valence electrons. The van der Waals surface area contributed by atoms with Crippen LogP contribution in [0.3, 0.4) is 0 Å². The molecule has 8 bridgehead atoms. The fourth-order valence-corrected chi connectivity index (χ4v) is 12.4. The summed E-state index contributed by atoms with van der Waals surface area (Å²) in [5, 5.41) is 96.1. The van der Waals surface area contributed by atoms with Gasteiger partial charge in [0.05, 0.1) is 31.7 Å². The number of carbonyl (C=O) groups is 8. The lowest BCUT2D eigenvalue weighted by molar-refractivity contribution is -0.144. The van der Waals surface area contributed by atoms with Gasteiger partial charge >= 0.3 is 47.8 Å². The maximum Gasteiger partial charge on any atom is 0.304 e. The Kier molecular flexibility index (Phi) is 14.0. The number of rotatable bonds is 20. The van der Waals surface area contributed by atoms with Crippen molar-refractivity contribution in [3.63, 3.8) is 0 Å². The van der Waals surface area contributed by atoms with E-state index in [0.717, 1.165) is 0 Å². The molecule has 20 nitrogen and oxygen atoms in total. The minimum absolute atomic E-state index is 0.0783. The van der Waals surface area contributed by atoms with E-state index < -0.39 is 162 Å². The highest BCUT2D eigenvalue weighted by Gasteiger charge is 2.68. The van der Waals surface area contributed by atoms with E-state index in [1.54, 1.807) is 40.7 Å². The van der Waals surface area contributed by atoms with Gasteiger partial charge in [-0.1, -0.05) is 27.4 Å². The van der Waals surface area contributed by atoms with Gasteiger partial charge in [-0.15, -0.1) is 0 Å². The fraction of sp³-hybridized carbons (Fsp3) is 0.644. The molecule has 5 aliphatic rings. The van der Waals surface area contributed by atoms with E-state index in [2.05, 4.69) is 27.8 Å². The lowest BCUT2D eigenvalue weighted by Gasteiger charge is -2.49. The molecule has 0 aromatic carbocycles. The SMILES string of the molecule is C=C1C2N[C@@](C)([C@@H]3N/C(=C\C4=C(CCC(=O)O)C(CC(=O)O)[C@](C)(CC5=C(CCC(=O)O)[C@](C)(CC(=O)O)C1N5)N4)[C@](C)(CCC(=O)O)[C@H]3CC(=O)O)[C@@](C)(CC(=O)O)[C@@H]2CCC(=O)O. The number of fused-ring (bicyclic) bond motifs is 9. The zero-order valence-electron chi connectivity index (χ0n) is 37.3. The summed E-state index contributed by atoms with van der Waals surface area (Å²) >= 11 is 0. The van der Waals surface area contributed by atoms with Gasteiger partial charge in [-0.05, 0) is 68.2 Å². The van der Waals surface area contributed by atoms with Gasteiger partial charge in [-0.2, -0.15) is 0 Å². The average Bonchev–Trinajstić information content (AvgIpc) is 3.75. The molecule has 2 saturated heterocycles. The first-order valence-electron chi connectivity index (χ1n) is 21.7. The van der Waals surface area contributed by atoms with Crippen molar-refractivity contribution in [1.29, 1.82) is 0 Å². The molecule has 0 aliphatic carbocycles. The Morgan fingerprint density at radius 2 is 1.23 bits per heavy atom. The normalized spacial score (nSPS) is 35.8. The summed E-state index contributed by atoms with van der Waals surface area (Å²) in [6, 6.07) is -3.07. The molecule has 0 saturated carbocycles. The summed E-state index contributed by atoms with van der Waals surface area (Å²) in [4.78, 5) is 101. The summed E-state index contributed by atoms with van der Waals surface area (Å²) < 4.78 is 0. The highest BCUT2D eigenvalue weighted by Crippen LogP contribution is 2.61. The van der Waals surface area contributed by atoms with E-state index in [1.165, 1.54) is 0 Å². The van der Waals surface area contributed by atoms with Crippen molar-refractivity contribution in [2.45, 2.75) is 147 Å². The highest BCUT2D eigenvalue weighted by atomic mass is 16.4. The highest BCUT2D eigenvalue weighted by molar-refractivity contribution is 5.73. The number of hydrogen-bond acceptors (Lipinski definition) is 12. The molecule has 0 aromatic heterocycles. The molecule has 0 spiro atoms. The summed E-state index contributed by atoms with van der Waals surface area (Å²) in [5.74, 6) is -12.6. The van der Waals surface area contributed by atoms with Crippen LogP contribution in [0.5, 0.6) is 0 Å². The van der Waals surface area contributed by atoms with Crippen LogP contribution < -0.4 is 21.3 Å². The van der Waals surface area contributed by atoms with Gasteiger partial charge in [0.1, 0.15) is 0 Å². The zero-order chi connectivity index (χ0) is 48.8. The van der Waals surface area contributed by atoms with E-state index in [4.69, 9.17) is 0 Å². The number of hydrogen-bond donors (Lipinski definition) is 12. The first-order chi connectivity index (χ1) is 30.0. The van der Waals surface area contributed by atoms with E-state index in [0.29, 0.717) is 22.5 Å². The predicted octanol–water partition coefficient (Wildman–Crippen LogP) is 3.60. The first kappa shape index (κ1) is 50.1. The van der Waals surface area contributed by atoms with Crippen LogP contribution in [0.1, 0.15) is 118 Å². The Morgan fingerprint density at radius 3 is 1.77 bits per heavy atom. The molecular weight excluding hydrogens is 853 g/mol. The number of allylic oxidation sites excluding steroid dienone is 2. The van der Waals surface area contributed by atoms with Gasteiger partial charge in [-0.25, -0.2) is 0 Å². The van der Waals surface area contributed by atoms with Crippen molar-refractivity contribution in [2.24, 2.45) is 34.0 Å². The van der Waals surface area contributed by atoms with Crippen molar-refractivity contribution in [3.8, 4) is 0 Å². The maximum atomic E-state index is 13.1. The monoisotopic (exact) mass is 914 g/mol. The predicted molar refractivity (Wildman–Crippen MR) is 228 cm³/mol. The van der Waals surface area contributed by atoms with Crippen LogP contribution >= 0.6 is 0 Å². The third-order valence-electron chi connectivity index (χ3n) is 15.7. The van der Waals surface area contributed by atoms with Crippen molar-refractivity contribution in [1.82, 2.24) is 21.3 Å². The van der Waals surface area contributed by atoms with E-state index >= 15 is 0 Å². The van der Waals surface area contributed by atoms with Crippen LogP contribution in [0.25, 0.3) is 0 Å². The number of aliphatic carboxylic acids is 8. The molecule has 2 fully saturated rings. The van der Waals surface area contributed by atoms with Crippen molar-refractivity contribution >= 4 is 47.8 Å². The Balaban J connectivity index is 1.95. The van der Waals surface area contributed by atoms with Gasteiger partial charge in [0.15, 0.2) is 0 Å². The Labute approximate surface area is 375 Å². The van der Waals surface area contributed by atoms with E-state index in [9.17, 15) is 79.2 Å². The molecule has 65 heavy (non-hydrogen) atoms. The van der Waals surface area contributed by atoms with Gasteiger partial charge in [-0.3, -0.25) is 38.4 Å². The largest absolute Gasteiger partial charge is 0.481 e. The van der Waals surface area contributed by atoms with E-state index in [1.807, 2.05) is 0 Å². The lowest BCUT2D eigenvalue weighted by Crippen LogP contribution is -2.64. The average molecular weight is 915 g/mol. The van der Waals surface area contributed by atoms with Gasteiger partial charge in [0.2, 0.25) is 0 Å². The molecule has 20 heteroatoms. The van der Waals surface area contributed by atoms with Crippen LogP contribution in [0.2, 0.25) is 0 Å². The van der Waals surface area contributed by atoms with Gasteiger partial charge in [0.25, 0.3) is 0 Å². The Morgan fingerprint density at radius 1 is 0.662 bits per heavy atom. The molecule has 5 heterocycles. The summed E-state index contributed by atoms with van der Waals surface area (Å²) in [6.45, 7) is 12.9. The Hall–Kier alpha value is -5.92. The standard InChI is InChI=1S/C45H62N4O16/c1-21-38-24(9-12-32(54)55)43(4,20-37(64)65)45(6,49-38)40-26(16-35(60)61)41(2,14-13-33(56)57)29(47-40)17-27-22(7-10-30(50)51)25(15-34(58)59)44(5,48-27)18-28-23(8-11-31(52)53)42(3,19-36(62)63)39(21)46-28/h17,24-26,38-40,46-49H,1,7-16,18-20H2,2-6H3,(H,50,51)(H,52,53)(H,54,55)(H,56,57)(H,58,59)(H,60,61)(H,62,63)(H,64,65)/b29-17-/t24-,25?,26+,38?,39?,40-,41-,42+,43+,44+,45+/m1/s1. The minimum Gasteiger partial charge on any atom is -0.481 e. The second kappa shape index (κ2) is 18.2. The third kappa shape index (κ3) is 9.44. The molecular formula is C45H62N4O16. The molecule has 12 N–H and O–H groups in total. The third-order valence-corrected chi connectivity index (χ3v) is 15.7. The summed E-state index contributed by atoms with van der Waals surface area (Å²) in [5.41, 5.74) is -4.97. The maximum absolute atomic E-state index is 13.1. The van der Waals surface area contributed by atoms with Crippen LogP contribution in [0.4, 0.5) is 0 Å². The second-order valence-corrected chi connectivity index (χ2v) is 19.7. The molecule has 0 amide bonds. The Bertz CT molecular complexity index is 2170. The topological polar surface area (TPSA) is 347 Å². The molecule has 5 aliphatic heterocycles. The van der Waals surface area contributed by atoms with Crippen LogP contribution in [-0.2, 0) is 38.4 Å². The van der Waals surface area contributed by atoms with Crippen molar-refractivity contribution < 1.29 is 79.2 Å². The van der Waals surface area contributed by atoms with Gasteiger partial charge in [0, 0.05) is 100 Å². The van der Waals surface area contributed by atoms with Crippen LogP contribution in [0.15, 0.2) is 46.5 Å².